The van der Waals surface area contributed by atoms with Crippen molar-refractivity contribution in [3.63, 3.8) is 0 Å². The minimum atomic E-state index is -1.06. The van der Waals surface area contributed by atoms with E-state index in [9.17, 15) is 9.59 Å². The Bertz CT molecular complexity index is 426. The van der Waals surface area contributed by atoms with Crippen molar-refractivity contribution in [2.75, 3.05) is 0 Å². The van der Waals surface area contributed by atoms with Gasteiger partial charge in [-0.2, -0.15) is 0 Å². The Morgan fingerprint density at radius 2 is 2.00 bits per heavy atom. The van der Waals surface area contributed by atoms with Crippen LogP contribution in [0.3, 0.4) is 0 Å². The van der Waals surface area contributed by atoms with Gasteiger partial charge in [-0.3, -0.25) is 9.59 Å². The SMILES string of the molecule is Cc1ccc(C)c(C(=O)C(N)CC(=O)O)c1. The summed E-state index contributed by atoms with van der Waals surface area (Å²) in [5.41, 5.74) is 7.82. The van der Waals surface area contributed by atoms with Crippen LogP contribution in [0, 0.1) is 13.8 Å². The van der Waals surface area contributed by atoms with Crippen molar-refractivity contribution >= 4 is 11.8 Å². The van der Waals surface area contributed by atoms with Gasteiger partial charge in [-0.05, 0) is 25.5 Å². The number of hydrogen-bond acceptors (Lipinski definition) is 3. The van der Waals surface area contributed by atoms with Crippen LogP contribution < -0.4 is 5.73 Å². The van der Waals surface area contributed by atoms with Gasteiger partial charge in [0.15, 0.2) is 5.78 Å². The summed E-state index contributed by atoms with van der Waals surface area (Å²) in [6.45, 7) is 3.68. The molecule has 16 heavy (non-hydrogen) atoms. The summed E-state index contributed by atoms with van der Waals surface area (Å²) in [6.07, 6.45) is -0.341. The van der Waals surface area contributed by atoms with E-state index in [-0.39, 0.29) is 12.2 Å². The van der Waals surface area contributed by atoms with E-state index in [1.54, 1.807) is 13.0 Å². The molecule has 4 heteroatoms. The maximum absolute atomic E-state index is 11.9. The van der Waals surface area contributed by atoms with Gasteiger partial charge in [0.2, 0.25) is 0 Å². The molecule has 0 saturated carbocycles. The van der Waals surface area contributed by atoms with Gasteiger partial charge in [0.1, 0.15) is 0 Å². The summed E-state index contributed by atoms with van der Waals surface area (Å²) in [7, 11) is 0. The Morgan fingerprint density at radius 1 is 1.38 bits per heavy atom. The van der Waals surface area contributed by atoms with E-state index in [2.05, 4.69) is 0 Å². The first kappa shape index (κ1) is 12.4. The van der Waals surface area contributed by atoms with Gasteiger partial charge < -0.3 is 10.8 Å². The van der Waals surface area contributed by atoms with Crippen molar-refractivity contribution in [1.29, 1.82) is 0 Å². The number of rotatable bonds is 4. The van der Waals surface area contributed by atoms with Crippen LogP contribution in [0.2, 0.25) is 0 Å². The average Bonchev–Trinajstić information content (AvgIpc) is 2.19. The van der Waals surface area contributed by atoms with Crippen LogP contribution in [0.25, 0.3) is 0 Å². The van der Waals surface area contributed by atoms with E-state index in [0.29, 0.717) is 5.56 Å². The minimum Gasteiger partial charge on any atom is -0.481 e. The lowest BCUT2D eigenvalue weighted by atomic mass is 9.96. The van der Waals surface area contributed by atoms with Gasteiger partial charge in [0, 0.05) is 5.56 Å². The minimum absolute atomic E-state index is 0.316. The molecule has 1 unspecified atom stereocenters. The number of carboxylic acids is 1. The molecule has 86 valence electrons. The highest BCUT2D eigenvalue weighted by Gasteiger charge is 2.20. The number of Topliss-reactive ketones (excluding diaryl/α,β-unsaturated/α-hetero) is 1. The number of aryl methyl sites for hydroxylation is 2. The first-order valence-electron chi connectivity index (χ1n) is 5.00. The molecule has 0 heterocycles. The quantitative estimate of drug-likeness (QED) is 0.751. The molecule has 3 N–H and O–H groups in total. The molecule has 4 nitrogen and oxygen atoms in total. The van der Waals surface area contributed by atoms with Gasteiger partial charge in [0.05, 0.1) is 12.5 Å². The third kappa shape index (κ3) is 2.90. The smallest absolute Gasteiger partial charge is 0.305 e. The second-order valence-electron chi connectivity index (χ2n) is 3.89. The van der Waals surface area contributed by atoms with Crippen molar-refractivity contribution in [1.82, 2.24) is 0 Å². The average molecular weight is 221 g/mol. The summed E-state index contributed by atoms with van der Waals surface area (Å²) in [6, 6.07) is 4.49. The van der Waals surface area contributed by atoms with Crippen LogP contribution in [-0.2, 0) is 4.79 Å². The lowest BCUT2D eigenvalue weighted by Crippen LogP contribution is -2.33. The van der Waals surface area contributed by atoms with Crippen molar-refractivity contribution in [2.45, 2.75) is 26.3 Å². The highest BCUT2D eigenvalue weighted by Crippen LogP contribution is 2.13. The molecular weight excluding hydrogens is 206 g/mol. The first-order chi connectivity index (χ1) is 7.41. The van der Waals surface area contributed by atoms with Gasteiger partial charge >= 0.3 is 5.97 Å². The second kappa shape index (κ2) is 4.90. The first-order valence-corrected chi connectivity index (χ1v) is 5.00. The normalized spacial score (nSPS) is 12.2. The Kier molecular flexibility index (Phi) is 3.79. The zero-order chi connectivity index (χ0) is 12.3. The van der Waals surface area contributed by atoms with E-state index >= 15 is 0 Å². The van der Waals surface area contributed by atoms with E-state index in [4.69, 9.17) is 10.8 Å². The molecule has 0 aliphatic carbocycles. The maximum atomic E-state index is 11.9. The van der Waals surface area contributed by atoms with Crippen molar-refractivity contribution in [2.24, 2.45) is 5.73 Å². The van der Waals surface area contributed by atoms with Crippen LogP contribution in [-0.4, -0.2) is 22.9 Å². The zero-order valence-electron chi connectivity index (χ0n) is 9.36. The number of carbonyl (C=O) groups is 2. The van der Waals surface area contributed by atoms with Crippen molar-refractivity contribution < 1.29 is 14.7 Å². The molecule has 0 saturated heterocycles. The van der Waals surface area contributed by atoms with E-state index in [1.807, 2.05) is 19.1 Å². The summed E-state index contributed by atoms with van der Waals surface area (Å²) in [5.74, 6) is -1.38. The highest BCUT2D eigenvalue weighted by molar-refractivity contribution is 6.02. The molecule has 0 amide bonds. The summed E-state index contributed by atoms with van der Waals surface area (Å²) >= 11 is 0. The van der Waals surface area contributed by atoms with Crippen LogP contribution in [0.5, 0.6) is 0 Å². The largest absolute Gasteiger partial charge is 0.481 e. The fraction of sp³-hybridized carbons (Fsp3) is 0.333. The maximum Gasteiger partial charge on any atom is 0.305 e. The van der Waals surface area contributed by atoms with Crippen LogP contribution in [0.1, 0.15) is 27.9 Å². The summed E-state index contributed by atoms with van der Waals surface area (Å²) in [5, 5.41) is 8.57. The Labute approximate surface area is 94.1 Å². The van der Waals surface area contributed by atoms with Crippen molar-refractivity contribution in [3.05, 3.63) is 34.9 Å². The molecule has 0 spiro atoms. The third-order valence-corrected chi connectivity index (χ3v) is 2.39. The molecule has 0 aromatic heterocycles. The number of nitrogens with two attached hydrogens (primary N) is 1. The van der Waals surface area contributed by atoms with Crippen LogP contribution in [0.4, 0.5) is 0 Å². The monoisotopic (exact) mass is 221 g/mol. The van der Waals surface area contributed by atoms with Crippen molar-refractivity contribution in [3.8, 4) is 0 Å². The number of benzene rings is 1. The predicted molar refractivity (Wildman–Crippen MR) is 60.5 cm³/mol. The molecule has 0 bridgehead atoms. The standard InChI is InChI=1S/C12H15NO3/c1-7-3-4-8(2)9(5-7)12(16)10(13)6-11(14)15/h3-5,10H,6,13H2,1-2H3,(H,14,15). The molecular formula is C12H15NO3. The Morgan fingerprint density at radius 3 is 2.56 bits per heavy atom. The Balaban J connectivity index is 2.95. The lowest BCUT2D eigenvalue weighted by molar-refractivity contribution is -0.137. The molecule has 1 rings (SSSR count). The number of aliphatic carboxylic acids is 1. The van der Waals surface area contributed by atoms with Crippen LogP contribution >= 0.6 is 0 Å². The van der Waals surface area contributed by atoms with E-state index < -0.39 is 12.0 Å². The third-order valence-electron chi connectivity index (χ3n) is 2.39. The topological polar surface area (TPSA) is 80.4 Å². The highest BCUT2D eigenvalue weighted by atomic mass is 16.4. The number of carboxylic acid groups (broad SMARTS) is 1. The fourth-order valence-electron chi connectivity index (χ4n) is 1.48. The van der Waals surface area contributed by atoms with E-state index in [1.165, 1.54) is 0 Å². The van der Waals surface area contributed by atoms with Crippen LogP contribution in [0.15, 0.2) is 18.2 Å². The van der Waals surface area contributed by atoms with Gasteiger partial charge in [0.25, 0.3) is 0 Å². The molecule has 1 aromatic carbocycles. The number of hydrogen-bond donors (Lipinski definition) is 2. The molecule has 1 atom stereocenters. The number of carbonyl (C=O) groups excluding carboxylic acids is 1. The molecule has 0 fully saturated rings. The lowest BCUT2D eigenvalue weighted by Gasteiger charge is -2.10. The fourth-order valence-corrected chi connectivity index (χ4v) is 1.48. The molecule has 0 aliphatic heterocycles. The Hall–Kier alpha value is -1.68. The second-order valence-corrected chi connectivity index (χ2v) is 3.89. The number of ketones is 1. The van der Waals surface area contributed by atoms with Gasteiger partial charge in [-0.25, -0.2) is 0 Å². The molecule has 0 radical (unpaired) electrons. The summed E-state index contributed by atoms with van der Waals surface area (Å²) < 4.78 is 0. The predicted octanol–water partition coefficient (Wildman–Crippen LogP) is 1.29. The van der Waals surface area contributed by atoms with Gasteiger partial charge in [-0.1, -0.05) is 17.7 Å². The van der Waals surface area contributed by atoms with E-state index in [0.717, 1.165) is 11.1 Å². The molecule has 0 aliphatic rings. The molecule has 1 aromatic rings. The zero-order valence-corrected chi connectivity index (χ0v) is 9.36. The van der Waals surface area contributed by atoms with Gasteiger partial charge in [-0.15, -0.1) is 0 Å². The summed E-state index contributed by atoms with van der Waals surface area (Å²) in [4.78, 5) is 22.3.